The Balaban J connectivity index is 0.000000101. The van der Waals surface area contributed by atoms with Crippen molar-refractivity contribution in [3.8, 4) is 157 Å². The van der Waals surface area contributed by atoms with Gasteiger partial charge < -0.3 is 4.57 Å². The van der Waals surface area contributed by atoms with Crippen LogP contribution >= 0.6 is 0 Å². The Kier molecular flexibility index (Phi) is 16.3. The molecule has 0 fully saturated rings. The lowest BCUT2D eigenvalue weighted by Crippen LogP contribution is -2.05. The van der Waals surface area contributed by atoms with Crippen molar-refractivity contribution >= 4 is 105 Å². The molecule has 0 saturated heterocycles. The summed E-state index contributed by atoms with van der Waals surface area (Å²) in [7, 11) is 0. The molecule has 0 saturated carbocycles. The second kappa shape index (κ2) is 29.3. The zero-order valence-corrected chi connectivity index (χ0v) is 71.9. The van der Waals surface area contributed by atoms with Gasteiger partial charge in [0.05, 0.1) is 72.1 Å². The molecule has 0 aliphatic heterocycles. The van der Waals surface area contributed by atoms with Crippen molar-refractivity contribution in [1.82, 2.24) is 46.4 Å². The van der Waals surface area contributed by atoms with Crippen LogP contribution in [0.25, 0.3) is 261 Å². The van der Waals surface area contributed by atoms with E-state index in [4.69, 9.17) is 15.0 Å². The number of hydrogen-bond donors (Lipinski definition) is 0. The monoisotopic (exact) mass is 1690 g/mol. The highest BCUT2D eigenvalue weighted by molar-refractivity contribution is 6.12. The van der Waals surface area contributed by atoms with Crippen molar-refractivity contribution in [2.75, 3.05) is 0 Å². The highest BCUT2D eigenvalue weighted by Crippen LogP contribution is 2.53. The van der Waals surface area contributed by atoms with E-state index in [9.17, 15) is 0 Å². The minimum Gasteiger partial charge on any atom is -0.309 e. The molecule has 0 radical (unpaired) electrons. The molecule has 18 aromatic carbocycles. The second-order valence-corrected chi connectivity index (χ2v) is 34.9. The summed E-state index contributed by atoms with van der Waals surface area (Å²) in [5.74, 6) is 1.57. The topological polar surface area (TPSA) is 71.6 Å². The molecule has 3 aliphatic rings. The van der Waals surface area contributed by atoms with Gasteiger partial charge in [0.15, 0.2) is 0 Å². The van der Waals surface area contributed by atoms with Crippen LogP contribution in [0.1, 0.15) is 0 Å². The molecule has 9 aromatic heterocycles. The number of imidazole rings is 3. The first kappa shape index (κ1) is 74.1. The van der Waals surface area contributed by atoms with Crippen molar-refractivity contribution in [1.29, 1.82) is 0 Å². The molecule has 0 unspecified atom stereocenters. The van der Waals surface area contributed by atoms with E-state index in [0.717, 1.165) is 89.9 Å². The molecule has 0 spiro atoms. The Hall–Kier alpha value is -18.0. The predicted molar refractivity (Wildman–Crippen MR) is 549 cm³/mol. The molecule has 618 valence electrons. The average Bonchev–Trinajstić information content (AvgIpc) is 1.57. The maximum Gasteiger partial charge on any atom is 0.236 e. The van der Waals surface area contributed by atoms with Gasteiger partial charge in [-0.3, -0.25) is 26.9 Å². The third-order valence-electron chi connectivity index (χ3n) is 27.9. The highest BCUT2D eigenvalue weighted by Gasteiger charge is 2.31. The zero-order valence-electron chi connectivity index (χ0n) is 71.9. The largest absolute Gasteiger partial charge is 0.309 e. The summed E-state index contributed by atoms with van der Waals surface area (Å²) in [5, 5.41) is 6.17. The van der Waals surface area contributed by atoms with Gasteiger partial charge in [-0.1, -0.05) is 340 Å². The Morgan fingerprint density at radius 1 is 0.158 bits per heavy atom. The number of aromatic nitrogens is 10. The van der Waals surface area contributed by atoms with Crippen LogP contribution < -0.4 is 0 Å². The van der Waals surface area contributed by atoms with Gasteiger partial charge in [-0.05, 0) is 215 Å². The molecular formula is C123H76N10. The van der Waals surface area contributed by atoms with Crippen molar-refractivity contribution in [2.45, 2.75) is 0 Å². The van der Waals surface area contributed by atoms with E-state index in [-0.39, 0.29) is 0 Å². The molecule has 0 bridgehead atoms. The van der Waals surface area contributed by atoms with E-state index in [1.807, 2.05) is 6.20 Å². The van der Waals surface area contributed by atoms with Crippen molar-refractivity contribution < 1.29 is 0 Å². The Morgan fingerprint density at radius 3 is 0.895 bits per heavy atom. The molecule has 30 rings (SSSR count). The van der Waals surface area contributed by atoms with Crippen LogP contribution in [-0.4, -0.2) is 46.4 Å². The molecule has 133 heavy (non-hydrogen) atoms. The second-order valence-electron chi connectivity index (χ2n) is 34.9. The number of nitrogens with zero attached hydrogens (tertiary/aromatic N) is 10. The van der Waals surface area contributed by atoms with Crippen LogP contribution in [0.3, 0.4) is 0 Å². The summed E-state index contributed by atoms with van der Waals surface area (Å²) in [6.07, 6.45) is 2.01. The van der Waals surface area contributed by atoms with Crippen molar-refractivity contribution in [3.05, 3.63) is 461 Å². The molecule has 0 N–H and O–H groups in total. The summed E-state index contributed by atoms with van der Waals surface area (Å²) in [5.41, 5.74) is 46.9. The fraction of sp³-hybridized carbons (Fsp3) is 0. The van der Waals surface area contributed by atoms with Gasteiger partial charge in [0.2, 0.25) is 5.95 Å². The van der Waals surface area contributed by atoms with E-state index in [1.54, 1.807) is 0 Å². The molecule has 10 heteroatoms. The van der Waals surface area contributed by atoms with Gasteiger partial charge in [-0.15, -0.1) is 0 Å². The van der Waals surface area contributed by atoms with Gasteiger partial charge >= 0.3 is 0 Å². The highest BCUT2D eigenvalue weighted by atomic mass is 15.2. The standard InChI is InChI=1S/C50H31N3.C37H23N3.C36H22N4/c1-2-14-36-35(13-1)37-15-3-4-17-39(37)41-28-27-33(30-44(41)40-18-6-5-16-38(36)40)52-47-23-11-12-24-48(47)53-49-31-34(26-25-32(49)29-50(52)53)51-45-21-9-7-19-42(45)43-20-8-10-22-46(43)51;1-8-18-32-24(11-1)23-36-39(32)33-19-9-10-20-34(33)40(36)35-22-21-31-29-16-5-4-14-27(29)25-12-2-3-13-26(25)28-15-6-7-17-30(28)37(31)38-35;1-8-18-31-23(11-1)21-34-39(31)32-19-9-10-20-33(32)40(34)36-37-22-30-28-16-5-4-14-26(28)24-12-2-3-13-25(24)27-15-6-7-17-29(27)35(30)38-36/h1-31H;1-23H;1-22H. The van der Waals surface area contributed by atoms with Gasteiger partial charge in [-0.25, -0.2) is 15.0 Å². The number of rotatable bonds is 4. The van der Waals surface area contributed by atoms with Crippen LogP contribution in [0.4, 0.5) is 0 Å². The number of hydrogen-bond acceptors (Lipinski definition) is 3. The summed E-state index contributed by atoms with van der Waals surface area (Å²) in [4.78, 5) is 15.9. The lowest BCUT2D eigenvalue weighted by molar-refractivity contribution is 0.984. The minimum atomic E-state index is 0.661. The fourth-order valence-corrected chi connectivity index (χ4v) is 22.2. The maximum absolute atomic E-state index is 5.49. The van der Waals surface area contributed by atoms with Crippen LogP contribution in [0.5, 0.6) is 0 Å². The molecule has 10 nitrogen and oxygen atoms in total. The molecule has 0 amide bonds. The average molecular weight is 1690 g/mol. The smallest absolute Gasteiger partial charge is 0.236 e. The van der Waals surface area contributed by atoms with Gasteiger partial charge in [-0.2, -0.15) is 0 Å². The maximum atomic E-state index is 5.49. The minimum absolute atomic E-state index is 0.661. The zero-order chi connectivity index (χ0) is 87.0. The summed E-state index contributed by atoms with van der Waals surface area (Å²) >= 11 is 0. The summed E-state index contributed by atoms with van der Waals surface area (Å²) in [6.45, 7) is 0. The SMILES string of the molecule is c1ccc2c(c1)-c1ccccc1-c1ccc(-n3c4ccccc4n4c5cc(-n6c7ccccc7c7ccccc76)ccc5cc34)cc1-c1ccccc1-2.c1ccc2c(c1)-c1ccccc1-c1ccc(-n3c4ccccc4n4c5ccccc5cc34)nc1-c1ccccc1-2.c1ccc2c(c1)-c1ccccc1-c1cnc(-n3c4ccccc4n4c5ccccc5cc34)nc1-c1ccccc1-2. The van der Waals surface area contributed by atoms with Gasteiger partial charge in [0.25, 0.3) is 0 Å². The molecule has 0 atom stereocenters. The lowest BCUT2D eigenvalue weighted by Gasteiger charge is -2.23. The molecule has 9 heterocycles. The van der Waals surface area contributed by atoms with E-state index in [1.165, 1.54) is 166 Å². The van der Waals surface area contributed by atoms with Crippen LogP contribution in [-0.2, 0) is 0 Å². The fourth-order valence-electron chi connectivity index (χ4n) is 22.2. The normalized spacial score (nSPS) is 12.1. The summed E-state index contributed by atoms with van der Waals surface area (Å²) < 4.78 is 16.4. The van der Waals surface area contributed by atoms with Gasteiger partial charge in [0.1, 0.15) is 22.8 Å². The van der Waals surface area contributed by atoms with Crippen molar-refractivity contribution in [3.63, 3.8) is 0 Å². The first-order valence-electron chi connectivity index (χ1n) is 45.5. The number of fused-ring (bicyclic) bond motifs is 42. The third-order valence-corrected chi connectivity index (χ3v) is 27.9. The Labute approximate surface area is 763 Å². The van der Waals surface area contributed by atoms with E-state index in [0.29, 0.717) is 5.95 Å². The van der Waals surface area contributed by atoms with E-state index in [2.05, 4.69) is 486 Å². The first-order chi connectivity index (χ1) is 66.0. The predicted octanol–water partition coefficient (Wildman–Crippen LogP) is 31.3. The van der Waals surface area contributed by atoms with Crippen LogP contribution in [0.15, 0.2) is 461 Å². The number of pyridine rings is 1. The number of benzene rings is 18. The first-order valence-corrected chi connectivity index (χ1v) is 45.5. The van der Waals surface area contributed by atoms with Crippen LogP contribution in [0, 0.1) is 0 Å². The Morgan fingerprint density at radius 2 is 0.444 bits per heavy atom. The van der Waals surface area contributed by atoms with Crippen LogP contribution in [0.2, 0.25) is 0 Å². The number of para-hydroxylation sites is 10. The van der Waals surface area contributed by atoms with Crippen molar-refractivity contribution in [2.24, 2.45) is 0 Å². The van der Waals surface area contributed by atoms with Gasteiger partial charge in [0, 0.05) is 66.8 Å². The third kappa shape index (κ3) is 11.2. The lowest BCUT2D eigenvalue weighted by atomic mass is 9.81. The molecular weight excluding hydrogens is 1620 g/mol. The quantitative estimate of drug-likeness (QED) is 0.176. The van der Waals surface area contributed by atoms with E-state index >= 15 is 0 Å². The Bertz CT molecular complexity index is 9180. The summed E-state index contributed by atoms with van der Waals surface area (Å²) in [6, 6.07) is 164. The molecule has 27 aromatic rings. The molecule has 3 aliphatic carbocycles. The van der Waals surface area contributed by atoms with E-state index < -0.39 is 0 Å².